The maximum Gasteiger partial charge on any atom is 0.134 e. The summed E-state index contributed by atoms with van der Waals surface area (Å²) in [5, 5.41) is 3.72. The second-order valence-electron chi connectivity index (χ2n) is 6.19. The van der Waals surface area contributed by atoms with Crippen LogP contribution >= 0.6 is 0 Å². The van der Waals surface area contributed by atoms with E-state index in [9.17, 15) is 0 Å². The molecule has 0 radical (unpaired) electrons. The van der Waals surface area contributed by atoms with Gasteiger partial charge in [-0.05, 0) is 34.9 Å². The molecule has 1 heteroatoms. The zero-order valence-electron chi connectivity index (χ0n) is 13.4. The zero-order chi connectivity index (χ0) is 16.1. The van der Waals surface area contributed by atoms with E-state index in [4.69, 9.17) is 4.42 Å². The lowest BCUT2D eigenvalue weighted by Gasteiger charge is -2.11. The van der Waals surface area contributed by atoms with Crippen molar-refractivity contribution in [1.82, 2.24) is 0 Å². The minimum absolute atomic E-state index is 0.940. The highest BCUT2D eigenvalue weighted by Gasteiger charge is 2.24. The summed E-state index contributed by atoms with van der Waals surface area (Å²) in [6.07, 6.45) is 0. The van der Waals surface area contributed by atoms with E-state index in [1.807, 2.05) is 12.1 Å². The van der Waals surface area contributed by atoms with Crippen molar-refractivity contribution in [3.8, 4) is 22.3 Å². The Morgan fingerprint density at radius 3 is 1.88 bits per heavy atom. The van der Waals surface area contributed by atoms with Gasteiger partial charge in [-0.15, -0.1) is 0 Å². The predicted molar refractivity (Wildman–Crippen MR) is 101 cm³/mol. The highest BCUT2D eigenvalue weighted by molar-refractivity contribution is 6.20. The highest BCUT2D eigenvalue weighted by atomic mass is 16.3. The number of hydrogen-bond donors (Lipinski definition) is 0. The van der Waals surface area contributed by atoms with Gasteiger partial charge in [-0.25, -0.2) is 0 Å². The Hall–Kier alpha value is -3.06. The molecule has 0 saturated heterocycles. The van der Waals surface area contributed by atoms with Crippen LogP contribution in [0.3, 0.4) is 0 Å². The normalized spacial score (nSPS) is 11.5. The van der Waals surface area contributed by atoms with Crippen molar-refractivity contribution in [3.63, 3.8) is 0 Å². The third kappa shape index (κ3) is 1.75. The van der Waals surface area contributed by atoms with Gasteiger partial charge in [-0.1, -0.05) is 72.8 Å². The Balaban J connectivity index is 2.09. The molecule has 0 atom stereocenters. The Kier molecular flexibility index (Phi) is 2.77. The molecule has 114 valence electrons. The summed E-state index contributed by atoms with van der Waals surface area (Å²) in [5.41, 5.74) is 6.01. The van der Waals surface area contributed by atoms with Crippen molar-refractivity contribution >= 4 is 21.7 Å². The van der Waals surface area contributed by atoms with Crippen molar-refractivity contribution in [3.05, 3.63) is 84.6 Å². The van der Waals surface area contributed by atoms with Crippen LogP contribution in [0.5, 0.6) is 0 Å². The van der Waals surface area contributed by atoms with Gasteiger partial charge in [0.05, 0.1) is 0 Å². The van der Waals surface area contributed by atoms with Crippen LogP contribution in [0.4, 0.5) is 0 Å². The Labute approximate surface area is 140 Å². The molecule has 0 unspecified atom stereocenters. The topological polar surface area (TPSA) is 13.1 Å². The van der Waals surface area contributed by atoms with E-state index in [2.05, 4.69) is 73.7 Å². The quantitative estimate of drug-likeness (QED) is 0.337. The molecule has 0 bridgehead atoms. The predicted octanol–water partition coefficient (Wildman–Crippen LogP) is 6.67. The SMILES string of the molecule is Cc1oc2ccccc2c2c(-c3ccccc3)c3ccccc3c1-2. The summed E-state index contributed by atoms with van der Waals surface area (Å²) in [5.74, 6) is 0.974. The van der Waals surface area contributed by atoms with Crippen LogP contribution in [0.25, 0.3) is 44.0 Å². The summed E-state index contributed by atoms with van der Waals surface area (Å²) >= 11 is 0. The van der Waals surface area contributed by atoms with Gasteiger partial charge < -0.3 is 4.42 Å². The van der Waals surface area contributed by atoms with Gasteiger partial charge in [-0.2, -0.15) is 0 Å². The molecule has 2 aliphatic rings. The Morgan fingerprint density at radius 1 is 0.542 bits per heavy atom. The summed E-state index contributed by atoms with van der Waals surface area (Å²) in [6, 6.07) is 27.6. The lowest BCUT2D eigenvalue weighted by molar-refractivity contribution is 0.569. The average molecular weight is 308 g/mol. The molecule has 24 heavy (non-hydrogen) atoms. The third-order valence-corrected chi connectivity index (χ3v) is 4.80. The Bertz CT molecular complexity index is 1150. The Morgan fingerprint density at radius 2 is 1.12 bits per heavy atom. The van der Waals surface area contributed by atoms with Gasteiger partial charge >= 0.3 is 0 Å². The van der Waals surface area contributed by atoms with Crippen molar-refractivity contribution in [2.75, 3.05) is 0 Å². The van der Waals surface area contributed by atoms with Crippen LogP contribution < -0.4 is 0 Å². The number of fused-ring (bicyclic) bond motifs is 5. The summed E-state index contributed by atoms with van der Waals surface area (Å²) in [4.78, 5) is 0. The fraction of sp³-hybridized carbons (Fsp3) is 0.0435. The minimum Gasteiger partial charge on any atom is -0.461 e. The van der Waals surface area contributed by atoms with E-state index in [1.54, 1.807) is 0 Å². The number of para-hydroxylation sites is 1. The molecule has 0 spiro atoms. The third-order valence-electron chi connectivity index (χ3n) is 4.80. The maximum absolute atomic E-state index is 6.13. The van der Waals surface area contributed by atoms with Crippen LogP contribution in [0.2, 0.25) is 0 Å². The van der Waals surface area contributed by atoms with E-state index >= 15 is 0 Å². The lowest BCUT2D eigenvalue weighted by atomic mass is 9.96. The first-order valence-electron chi connectivity index (χ1n) is 8.22. The molecule has 3 aromatic carbocycles. The maximum atomic E-state index is 6.13. The van der Waals surface area contributed by atoms with Gasteiger partial charge in [0.1, 0.15) is 11.3 Å². The van der Waals surface area contributed by atoms with E-state index < -0.39 is 0 Å². The van der Waals surface area contributed by atoms with E-state index in [0.717, 1.165) is 11.3 Å². The van der Waals surface area contributed by atoms with E-state index in [0.29, 0.717) is 0 Å². The van der Waals surface area contributed by atoms with Crippen LogP contribution in [0, 0.1) is 6.92 Å². The molecular formula is C23H16O. The number of rotatable bonds is 1. The van der Waals surface area contributed by atoms with Crippen molar-refractivity contribution < 1.29 is 4.42 Å². The molecule has 0 saturated carbocycles. The number of hydrogen-bond acceptors (Lipinski definition) is 1. The lowest BCUT2D eigenvalue weighted by Crippen LogP contribution is -1.87. The molecule has 1 aliphatic carbocycles. The summed E-state index contributed by atoms with van der Waals surface area (Å²) in [7, 11) is 0. The van der Waals surface area contributed by atoms with Crippen molar-refractivity contribution in [1.29, 1.82) is 0 Å². The highest BCUT2D eigenvalue weighted by Crippen LogP contribution is 2.49. The average Bonchev–Trinajstić information content (AvgIpc) is 2.98. The smallest absolute Gasteiger partial charge is 0.134 e. The van der Waals surface area contributed by atoms with Gasteiger partial charge in [0.15, 0.2) is 0 Å². The zero-order valence-corrected chi connectivity index (χ0v) is 13.4. The summed E-state index contributed by atoms with van der Waals surface area (Å²) in [6.45, 7) is 2.07. The minimum atomic E-state index is 0.940. The molecule has 0 N–H and O–H groups in total. The molecule has 1 nitrogen and oxygen atoms in total. The molecule has 1 heterocycles. The van der Waals surface area contributed by atoms with Crippen LogP contribution in [-0.2, 0) is 0 Å². The standard InChI is InChI=1S/C23H16O/c1-15-21-17-11-5-6-12-18(17)22(16-9-3-2-4-10-16)23(21)19-13-7-8-14-20(19)24-15/h2-14H,1H3. The number of benzene rings is 3. The van der Waals surface area contributed by atoms with Crippen LogP contribution in [-0.4, -0.2) is 0 Å². The molecule has 0 amide bonds. The van der Waals surface area contributed by atoms with Crippen LogP contribution in [0.15, 0.2) is 83.3 Å². The van der Waals surface area contributed by atoms with Gasteiger partial charge in [0.2, 0.25) is 0 Å². The van der Waals surface area contributed by atoms with E-state index in [-0.39, 0.29) is 0 Å². The molecular weight excluding hydrogens is 292 g/mol. The molecule has 0 aromatic heterocycles. The molecule has 5 rings (SSSR count). The first-order valence-corrected chi connectivity index (χ1v) is 8.22. The van der Waals surface area contributed by atoms with Gasteiger partial charge in [-0.3, -0.25) is 0 Å². The van der Waals surface area contributed by atoms with Crippen molar-refractivity contribution in [2.24, 2.45) is 0 Å². The first kappa shape index (κ1) is 13.4. The molecule has 1 aliphatic heterocycles. The van der Waals surface area contributed by atoms with Crippen molar-refractivity contribution in [2.45, 2.75) is 6.92 Å². The largest absolute Gasteiger partial charge is 0.461 e. The second-order valence-corrected chi connectivity index (χ2v) is 6.19. The number of aryl methyl sites for hydroxylation is 1. The fourth-order valence-corrected chi connectivity index (χ4v) is 3.83. The first-order chi connectivity index (χ1) is 11.8. The molecule has 0 fully saturated rings. The summed E-state index contributed by atoms with van der Waals surface area (Å²) < 4.78 is 6.13. The van der Waals surface area contributed by atoms with Gasteiger partial charge in [0, 0.05) is 16.5 Å². The van der Waals surface area contributed by atoms with Gasteiger partial charge in [0.25, 0.3) is 0 Å². The fourth-order valence-electron chi connectivity index (χ4n) is 3.83. The molecule has 3 aromatic rings. The van der Waals surface area contributed by atoms with Crippen LogP contribution in [0.1, 0.15) is 5.76 Å². The monoisotopic (exact) mass is 308 g/mol. The second kappa shape index (κ2) is 4.97. The van der Waals surface area contributed by atoms with E-state index in [1.165, 1.54) is 38.4 Å².